The summed E-state index contributed by atoms with van der Waals surface area (Å²) in [6, 6.07) is 11.1. The molecule has 1 N–H and O–H groups in total. The van der Waals surface area contributed by atoms with Gasteiger partial charge in [0.25, 0.3) is 0 Å². The third-order valence-electron chi connectivity index (χ3n) is 4.90. The van der Waals surface area contributed by atoms with E-state index in [2.05, 4.69) is 29.0 Å². The molecule has 1 amide bonds. The molecule has 0 unspecified atom stereocenters. The number of piperidine rings is 1. The first-order valence-corrected chi connectivity index (χ1v) is 9.84. The topological polar surface area (TPSA) is 54.5 Å². The van der Waals surface area contributed by atoms with Crippen molar-refractivity contribution in [2.45, 2.75) is 45.6 Å². The van der Waals surface area contributed by atoms with Crippen molar-refractivity contribution in [1.82, 2.24) is 9.88 Å². The lowest BCUT2D eigenvalue weighted by Crippen LogP contribution is -2.47. The van der Waals surface area contributed by atoms with Crippen LogP contribution in [0.5, 0.6) is 11.5 Å². The average Bonchev–Trinajstić information content (AvgIpc) is 2.69. The molecule has 2 aromatic rings. The summed E-state index contributed by atoms with van der Waals surface area (Å²) in [4.78, 5) is 19.2. The van der Waals surface area contributed by atoms with Crippen LogP contribution in [-0.4, -0.2) is 34.9 Å². The maximum Gasteiger partial charge on any atom is 0.241 e. The van der Waals surface area contributed by atoms with E-state index in [1.807, 2.05) is 36.4 Å². The molecule has 5 nitrogen and oxygen atoms in total. The molecular weight excluding hydrogens is 338 g/mol. The predicted molar refractivity (Wildman–Crippen MR) is 108 cm³/mol. The van der Waals surface area contributed by atoms with Crippen molar-refractivity contribution in [1.29, 1.82) is 0 Å². The number of benzene rings is 1. The Morgan fingerprint density at radius 2 is 2.04 bits per heavy atom. The minimum atomic E-state index is -0.0242. The van der Waals surface area contributed by atoms with E-state index in [0.29, 0.717) is 11.7 Å². The highest BCUT2D eigenvalue weighted by Crippen LogP contribution is 2.24. The molecule has 5 heteroatoms. The molecule has 1 saturated heterocycles. The summed E-state index contributed by atoms with van der Waals surface area (Å²) in [5.74, 6) is 2.16. The molecule has 1 aliphatic rings. The fourth-order valence-corrected chi connectivity index (χ4v) is 3.35. The number of hydrogen-bond donors (Lipinski definition) is 1. The van der Waals surface area contributed by atoms with Crippen molar-refractivity contribution in [3.05, 3.63) is 48.8 Å². The molecule has 0 radical (unpaired) electrons. The van der Waals surface area contributed by atoms with Crippen LogP contribution in [0.25, 0.3) is 0 Å². The number of nitrogens with one attached hydrogen (secondary N) is 1. The lowest BCUT2D eigenvalue weighted by Gasteiger charge is -2.35. The number of carbonyl (C=O) groups excluding carboxylic acids is 1. The number of likely N-dealkylation sites (tertiary alicyclic amines) is 1. The fourth-order valence-electron chi connectivity index (χ4n) is 3.35. The van der Waals surface area contributed by atoms with Gasteiger partial charge in [-0.25, -0.2) is 0 Å². The van der Waals surface area contributed by atoms with Gasteiger partial charge in [-0.05, 0) is 74.7 Å². The van der Waals surface area contributed by atoms with Gasteiger partial charge in [0.2, 0.25) is 5.91 Å². The van der Waals surface area contributed by atoms with Crippen LogP contribution in [0.4, 0.5) is 5.69 Å². The molecule has 0 aliphatic carbocycles. The molecular formula is C22H29N3O2. The van der Waals surface area contributed by atoms with Crippen molar-refractivity contribution < 1.29 is 9.53 Å². The number of rotatable bonds is 7. The summed E-state index contributed by atoms with van der Waals surface area (Å²) in [7, 11) is 0. The normalized spacial score (nSPS) is 17.7. The molecule has 0 bridgehead atoms. The van der Waals surface area contributed by atoms with E-state index < -0.39 is 0 Å². The largest absolute Gasteiger partial charge is 0.456 e. The molecule has 1 aromatic heterocycles. The molecule has 1 atom stereocenters. The zero-order valence-corrected chi connectivity index (χ0v) is 16.2. The van der Waals surface area contributed by atoms with E-state index in [1.54, 1.807) is 12.4 Å². The summed E-state index contributed by atoms with van der Waals surface area (Å²) in [6.45, 7) is 6.47. The van der Waals surface area contributed by atoms with E-state index in [0.717, 1.165) is 43.8 Å². The van der Waals surface area contributed by atoms with Crippen LogP contribution in [0.15, 0.2) is 48.8 Å². The van der Waals surface area contributed by atoms with Crippen molar-refractivity contribution in [2.75, 3.05) is 18.4 Å². The number of aromatic nitrogens is 1. The summed E-state index contributed by atoms with van der Waals surface area (Å²) in [6.07, 6.45) is 7.75. The summed E-state index contributed by atoms with van der Waals surface area (Å²) >= 11 is 0. The van der Waals surface area contributed by atoms with Gasteiger partial charge in [-0.15, -0.1) is 0 Å². The van der Waals surface area contributed by atoms with Gasteiger partial charge in [0.05, 0.1) is 12.2 Å². The zero-order valence-electron chi connectivity index (χ0n) is 16.2. The van der Waals surface area contributed by atoms with E-state index in [1.165, 1.54) is 6.42 Å². The predicted octanol–water partition coefficient (Wildman–Crippen LogP) is 4.71. The average molecular weight is 367 g/mol. The smallest absolute Gasteiger partial charge is 0.241 e. The second kappa shape index (κ2) is 9.51. The van der Waals surface area contributed by atoms with Gasteiger partial charge in [-0.3, -0.25) is 14.7 Å². The minimum absolute atomic E-state index is 0.0242. The second-order valence-electron chi connectivity index (χ2n) is 7.53. The zero-order chi connectivity index (χ0) is 19.1. The van der Waals surface area contributed by atoms with Gasteiger partial charge in [-0.2, -0.15) is 0 Å². The van der Waals surface area contributed by atoms with Crippen molar-refractivity contribution in [2.24, 2.45) is 5.92 Å². The highest BCUT2D eigenvalue weighted by molar-refractivity contribution is 5.94. The minimum Gasteiger partial charge on any atom is -0.456 e. The molecule has 144 valence electrons. The Morgan fingerprint density at radius 1 is 1.22 bits per heavy atom. The lowest BCUT2D eigenvalue weighted by molar-refractivity contribution is -0.122. The van der Waals surface area contributed by atoms with Crippen LogP contribution >= 0.6 is 0 Å². The highest BCUT2D eigenvalue weighted by Gasteiger charge is 2.28. The molecule has 0 saturated carbocycles. The van der Waals surface area contributed by atoms with Gasteiger partial charge in [0, 0.05) is 11.9 Å². The summed E-state index contributed by atoms with van der Waals surface area (Å²) < 4.78 is 5.74. The van der Waals surface area contributed by atoms with Gasteiger partial charge in [0.15, 0.2) is 0 Å². The number of amides is 1. The molecule has 1 fully saturated rings. The Bertz CT molecular complexity index is 716. The number of nitrogens with zero attached hydrogens (tertiary/aromatic N) is 2. The lowest BCUT2D eigenvalue weighted by atomic mass is 10.00. The van der Waals surface area contributed by atoms with Crippen molar-refractivity contribution in [3.63, 3.8) is 0 Å². The van der Waals surface area contributed by atoms with Crippen molar-refractivity contribution in [3.8, 4) is 11.5 Å². The monoisotopic (exact) mass is 367 g/mol. The first-order chi connectivity index (χ1) is 13.1. The van der Waals surface area contributed by atoms with Crippen LogP contribution in [0.1, 0.15) is 39.5 Å². The van der Waals surface area contributed by atoms with Gasteiger partial charge >= 0.3 is 0 Å². The highest BCUT2D eigenvalue weighted by atomic mass is 16.5. The number of anilines is 1. The van der Waals surface area contributed by atoms with Crippen molar-refractivity contribution >= 4 is 11.6 Å². The number of hydrogen-bond acceptors (Lipinski definition) is 4. The number of carbonyl (C=O) groups is 1. The fraction of sp³-hybridized carbons (Fsp3) is 0.455. The third kappa shape index (κ3) is 5.79. The molecule has 2 heterocycles. The van der Waals surface area contributed by atoms with E-state index in [-0.39, 0.29) is 11.9 Å². The third-order valence-corrected chi connectivity index (χ3v) is 4.90. The second-order valence-corrected chi connectivity index (χ2v) is 7.53. The van der Waals surface area contributed by atoms with E-state index in [9.17, 15) is 4.79 Å². The molecule has 1 aliphatic heterocycles. The maximum atomic E-state index is 12.8. The molecule has 1 aromatic carbocycles. The molecule has 0 spiro atoms. The van der Waals surface area contributed by atoms with Crippen LogP contribution in [0.3, 0.4) is 0 Å². The molecule has 3 rings (SSSR count). The Labute approximate surface area is 161 Å². The van der Waals surface area contributed by atoms with Gasteiger partial charge in [-0.1, -0.05) is 20.3 Å². The first-order valence-electron chi connectivity index (χ1n) is 9.84. The number of ether oxygens (including phenoxy) is 1. The maximum absolute atomic E-state index is 12.8. The van der Waals surface area contributed by atoms with Crippen LogP contribution < -0.4 is 10.1 Å². The Morgan fingerprint density at radius 3 is 2.74 bits per heavy atom. The summed E-state index contributed by atoms with van der Waals surface area (Å²) in [5, 5.41) is 3.07. The Balaban J connectivity index is 1.57. The van der Waals surface area contributed by atoms with Gasteiger partial charge in [0.1, 0.15) is 11.5 Å². The van der Waals surface area contributed by atoms with Crippen LogP contribution in [-0.2, 0) is 4.79 Å². The Kier molecular flexibility index (Phi) is 6.82. The number of pyridine rings is 1. The van der Waals surface area contributed by atoms with E-state index >= 15 is 0 Å². The molecule has 27 heavy (non-hydrogen) atoms. The standard InChI is InChI=1S/C22H29N3O2/c1-17(2)12-15-25-14-4-3-7-21(25)22(26)24-18-8-10-19(11-9-18)27-20-6-5-13-23-16-20/h5-6,8-11,13,16-17,21H,3-4,7,12,14-15H2,1-2H3,(H,24,26)/t21-/m0/s1. The van der Waals surface area contributed by atoms with E-state index in [4.69, 9.17) is 4.74 Å². The van der Waals surface area contributed by atoms with Gasteiger partial charge < -0.3 is 10.1 Å². The quantitative estimate of drug-likeness (QED) is 0.770. The van der Waals surface area contributed by atoms with Crippen LogP contribution in [0.2, 0.25) is 0 Å². The first kappa shape index (κ1) is 19.4. The Hall–Kier alpha value is -2.40. The summed E-state index contributed by atoms with van der Waals surface area (Å²) in [5.41, 5.74) is 0.799. The van der Waals surface area contributed by atoms with Crippen LogP contribution in [0, 0.1) is 5.92 Å². The SMILES string of the molecule is CC(C)CCN1CCCC[C@H]1C(=O)Nc1ccc(Oc2cccnc2)cc1.